The molecule has 0 aliphatic heterocycles. The highest BCUT2D eigenvalue weighted by atomic mass is 32.2. The summed E-state index contributed by atoms with van der Waals surface area (Å²) in [6.07, 6.45) is -4.33. The Morgan fingerprint density at radius 3 is 2.32 bits per heavy atom. The van der Waals surface area contributed by atoms with E-state index in [1.807, 2.05) is 30.3 Å². The summed E-state index contributed by atoms with van der Waals surface area (Å²) < 4.78 is 39.1. The van der Waals surface area contributed by atoms with Crippen molar-refractivity contribution in [1.82, 2.24) is 4.90 Å². The summed E-state index contributed by atoms with van der Waals surface area (Å²) in [4.78, 5) is 26.9. The van der Waals surface area contributed by atoms with Crippen molar-refractivity contribution in [3.63, 3.8) is 0 Å². The highest BCUT2D eigenvalue weighted by Gasteiger charge is 2.33. The third kappa shape index (κ3) is 6.60. The van der Waals surface area contributed by atoms with Crippen molar-refractivity contribution >= 4 is 29.3 Å². The molecule has 0 saturated heterocycles. The maximum atomic E-state index is 13.0. The van der Waals surface area contributed by atoms with E-state index in [0.29, 0.717) is 12.3 Å². The molecule has 0 aliphatic rings. The fourth-order valence-corrected chi connectivity index (χ4v) is 3.37. The summed E-state index contributed by atoms with van der Waals surface area (Å²) in [6.45, 7) is 1.72. The number of para-hydroxylation sites is 1. The lowest BCUT2D eigenvalue weighted by atomic mass is 10.1. The van der Waals surface area contributed by atoms with Gasteiger partial charge in [-0.05, 0) is 31.2 Å². The number of hydrogen-bond donors (Lipinski definition) is 1. The average molecular weight is 410 g/mol. The number of amides is 2. The molecule has 150 valence electrons. The molecule has 0 radical (unpaired) electrons. The van der Waals surface area contributed by atoms with Crippen LogP contribution in [-0.2, 0) is 15.8 Å². The number of nitrogens with one attached hydrogen (secondary N) is 1. The predicted molar refractivity (Wildman–Crippen MR) is 104 cm³/mol. The molecule has 0 spiro atoms. The first kappa shape index (κ1) is 21.8. The van der Waals surface area contributed by atoms with Gasteiger partial charge in [0.2, 0.25) is 11.8 Å². The molecule has 2 aromatic carbocycles. The molecule has 0 fully saturated rings. The van der Waals surface area contributed by atoms with Crippen molar-refractivity contribution in [3.8, 4) is 0 Å². The van der Waals surface area contributed by atoms with Gasteiger partial charge in [0, 0.05) is 23.6 Å². The van der Waals surface area contributed by atoms with Crippen molar-refractivity contribution < 1.29 is 22.8 Å². The minimum atomic E-state index is -4.57. The van der Waals surface area contributed by atoms with Crippen LogP contribution in [0.15, 0.2) is 59.5 Å². The van der Waals surface area contributed by atoms with E-state index < -0.39 is 17.6 Å². The second-order valence-corrected chi connectivity index (χ2v) is 7.08. The smallest absolute Gasteiger partial charge is 0.334 e. The molecule has 0 heterocycles. The predicted octanol–water partition coefficient (Wildman–Crippen LogP) is 4.67. The maximum Gasteiger partial charge on any atom is 0.418 e. The minimum absolute atomic E-state index is 0.217. The Bertz CT molecular complexity index is 798. The quantitative estimate of drug-likeness (QED) is 0.643. The van der Waals surface area contributed by atoms with Crippen molar-refractivity contribution in [2.24, 2.45) is 0 Å². The summed E-state index contributed by atoms with van der Waals surface area (Å²) >= 11 is 1.53. The largest absolute Gasteiger partial charge is 0.418 e. The van der Waals surface area contributed by atoms with Gasteiger partial charge < -0.3 is 10.2 Å². The molecule has 2 amide bonds. The molecular weight excluding hydrogens is 389 g/mol. The molecule has 1 N–H and O–H groups in total. The Morgan fingerprint density at radius 2 is 1.68 bits per heavy atom. The van der Waals surface area contributed by atoms with Crippen LogP contribution in [0.4, 0.5) is 18.9 Å². The van der Waals surface area contributed by atoms with E-state index in [1.54, 1.807) is 6.92 Å². The number of anilines is 1. The van der Waals surface area contributed by atoms with Gasteiger partial charge in [-0.3, -0.25) is 9.59 Å². The number of rotatable bonds is 8. The molecule has 4 nitrogen and oxygen atoms in total. The normalized spacial score (nSPS) is 11.1. The third-order valence-electron chi connectivity index (χ3n) is 3.90. The number of alkyl halides is 3. The fourth-order valence-electron chi connectivity index (χ4n) is 2.51. The molecule has 0 saturated carbocycles. The molecule has 0 atom stereocenters. The minimum Gasteiger partial charge on any atom is -0.334 e. The van der Waals surface area contributed by atoms with Gasteiger partial charge in [0.15, 0.2) is 0 Å². The van der Waals surface area contributed by atoms with Gasteiger partial charge in [0.05, 0.1) is 17.8 Å². The Morgan fingerprint density at radius 1 is 1.04 bits per heavy atom. The molecular formula is C20H21F3N2O2S. The molecule has 2 aromatic rings. The number of benzene rings is 2. The molecule has 28 heavy (non-hydrogen) atoms. The van der Waals surface area contributed by atoms with Crippen LogP contribution in [0.2, 0.25) is 0 Å². The van der Waals surface area contributed by atoms with E-state index in [0.717, 1.165) is 11.0 Å². The van der Waals surface area contributed by atoms with E-state index >= 15 is 0 Å². The monoisotopic (exact) mass is 410 g/mol. The lowest BCUT2D eigenvalue weighted by molar-refractivity contribution is -0.137. The molecule has 0 aliphatic carbocycles. The number of carbonyl (C=O) groups excluding carboxylic acids is 2. The number of nitrogens with zero attached hydrogens (tertiary/aromatic N) is 1. The highest BCUT2D eigenvalue weighted by molar-refractivity contribution is 7.99. The van der Waals surface area contributed by atoms with Gasteiger partial charge >= 0.3 is 6.18 Å². The number of hydrogen-bond acceptors (Lipinski definition) is 3. The van der Waals surface area contributed by atoms with E-state index in [4.69, 9.17) is 0 Å². The molecule has 8 heteroatoms. The maximum absolute atomic E-state index is 13.0. The van der Waals surface area contributed by atoms with Gasteiger partial charge in [-0.15, -0.1) is 11.8 Å². The van der Waals surface area contributed by atoms with Crippen LogP contribution in [-0.4, -0.2) is 35.6 Å². The van der Waals surface area contributed by atoms with E-state index in [9.17, 15) is 22.8 Å². The molecule has 2 rings (SSSR count). The van der Waals surface area contributed by atoms with Crippen LogP contribution >= 0.6 is 11.8 Å². The van der Waals surface area contributed by atoms with E-state index in [-0.39, 0.29) is 24.6 Å². The van der Waals surface area contributed by atoms with Gasteiger partial charge in [-0.25, -0.2) is 0 Å². The van der Waals surface area contributed by atoms with Crippen LogP contribution in [0.3, 0.4) is 0 Å². The Hall–Kier alpha value is -2.48. The second-order valence-electron chi connectivity index (χ2n) is 5.91. The SMILES string of the molecule is CCN(CC(=O)Nc1ccccc1C(F)(F)F)C(=O)CCSc1ccccc1. The van der Waals surface area contributed by atoms with E-state index in [2.05, 4.69) is 5.32 Å². The Labute approximate surface area is 166 Å². The summed E-state index contributed by atoms with van der Waals surface area (Å²) in [5, 5.41) is 2.26. The number of carbonyl (C=O) groups is 2. The van der Waals surface area contributed by atoms with E-state index in [1.165, 1.54) is 34.9 Å². The molecule has 0 bridgehead atoms. The van der Waals surface area contributed by atoms with Crippen LogP contribution in [0, 0.1) is 0 Å². The number of thioether (sulfide) groups is 1. The molecule has 0 aromatic heterocycles. The van der Waals surface area contributed by atoms with Crippen molar-refractivity contribution in [3.05, 3.63) is 60.2 Å². The lowest BCUT2D eigenvalue weighted by Crippen LogP contribution is -2.38. The Kier molecular flexibility index (Phi) is 7.92. The third-order valence-corrected chi connectivity index (χ3v) is 4.92. The summed E-state index contributed by atoms with van der Waals surface area (Å²) in [5.41, 5.74) is -1.24. The highest BCUT2D eigenvalue weighted by Crippen LogP contribution is 2.34. The first-order chi connectivity index (χ1) is 13.3. The van der Waals surface area contributed by atoms with Crippen LogP contribution in [0.5, 0.6) is 0 Å². The average Bonchev–Trinajstić information content (AvgIpc) is 2.66. The summed E-state index contributed by atoms with van der Waals surface area (Å²) in [5.74, 6) is -0.328. The summed E-state index contributed by atoms with van der Waals surface area (Å²) in [7, 11) is 0. The van der Waals surface area contributed by atoms with Crippen molar-refractivity contribution in [2.45, 2.75) is 24.4 Å². The van der Waals surface area contributed by atoms with Gasteiger partial charge in [0.1, 0.15) is 0 Å². The van der Waals surface area contributed by atoms with Gasteiger partial charge in [0.25, 0.3) is 0 Å². The zero-order valence-corrected chi connectivity index (χ0v) is 16.1. The summed E-state index contributed by atoms with van der Waals surface area (Å²) in [6, 6.07) is 14.4. The zero-order valence-electron chi connectivity index (χ0n) is 15.3. The van der Waals surface area contributed by atoms with Crippen molar-refractivity contribution in [2.75, 3.05) is 24.2 Å². The van der Waals surface area contributed by atoms with Crippen molar-refractivity contribution in [1.29, 1.82) is 0 Å². The lowest BCUT2D eigenvalue weighted by Gasteiger charge is -2.21. The van der Waals surface area contributed by atoms with Crippen LogP contribution < -0.4 is 5.32 Å². The standard InChI is InChI=1S/C20H21F3N2O2S/c1-2-25(19(27)12-13-28-15-8-4-3-5-9-15)14-18(26)24-17-11-7-6-10-16(17)20(21,22)23/h3-11H,2,12-14H2,1H3,(H,24,26). The topological polar surface area (TPSA) is 49.4 Å². The number of likely N-dealkylation sites (N-methyl/N-ethyl adjacent to an activating group) is 1. The van der Waals surface area contributed by atoms with Gasteiger partial charge in [-0.2, -0.15) is 13.2 Å². The van der Waals surface area contributed by atoms with Crippen LogP contribution in [0.1, 0.15) is 18.9 Å². The first-order valence-electron chi connectivity index (χ1n) is 8.73. The van der Waals surface area contributed by atoms with Gasteiger partial charge in [-0.1, -0.05) is 30.3 Å². The fraction of sp³-hybridized carbons (Fsp3) is 0.300. The molecule has 0 unspecified atom stereocenters. The number of halogens is 3. The van der Waals surface area contributed by atoms with Crippen LogP contribution in [0.25, 0.3) is 0 Å². The second kappa shape index (κ2) is 10.2. The zero-order chi connectivity index (χ0) is 20.6. The first-order valence-corrected chi connectivity index (χ1v) is 9.71. The Balaban J connectivity index is 1.89.